The van der Waals surface area contributed by atoms with Crippen molar-refractivity contribution in [3.05, 3.63) is 25.3 Å². The van der Waals surface area contributed by atoms with Gasteiger partial charge in [-0.1, -0.05) is 0 Å². The second kappa shape index (κ2) is 10.9. The molecule has 2 unspecified atom stereocenters. The SMILES string of the molecule is Nc1ncnc2c1ncn2[C@@H]1O[C@@H]2CO[P+](=O)O[C@@H]3[C@H](F)[C@@H](COP(O)(=S)O[C@H]2[C@H]1O)O[C@H]3n1cnc2c(N)ncnc21. The van der Waals surface area contributed by atoms with Crippen LogP contribution >= 0.6 is 15.0 Å². The summed E-state index contributed by atoms with van der Waals surface area (Å²) in [4.78, 5) is 35.3. The van der Waals surface area contributed by atoms with Crippen LogP contribution in [0.25, 0.3) is 22.3 Å². The third-order valence-corrected chi connectivity index (χ3v) is 9.44. The Hall–Kier alpha value is -2.94. The maximum atomic E-state index is 15.7. The number of aliphatic hydroxyl groups excluding tert-OH is 1. The van der Waals surface area contributed by atoms with Crippen LogP contribution in [0, 0.1) is 0 Å². The zero-order valence-electron chi connectivity index (χ0n) is 21.5. The molecule has 19 nitrogen and oxygen atoms in total. The fourth-order valence-electron chi connectivity index (χ4n) is 5.11. The van der Waals surface area contributed by atoms with Crippen molar-refractivity contribution in [3.63, 3.8) is 0 Å². The number of anilines is 2. The zero-order chi connectivity index (χ0) is 30.0. The van der Waals surface area contributed by atoms with Crippen molar-refractivity contribution in [3.8, 4) is 0 Å². The topological polar surface area (TPSA) is 252 Å². The number of imidazole rings is 2. The van der Waals surface area contributed by atoms with Gasteiger partial charge in [0, 0.05) is 4.57 Å². The number of nitrogens with zero attached hydrogens (tertiary/aromatic N) is 8. The van der Waals surface area contributed by atoms with E-state index in [0.29, 0.717) is 0 Å². The number of hydrogen-bond acceptors (Lipinski definition) is 17. The van der Waals surface area contributed by atoms with Crippen LogP contribution in [0.4, 0.5) is 16.0 Å². The van der Waals surface area contributed by atoms with Crippen LogP contribution in [0.2, 0.25) is 0 Å². The number of hydrogen-bond donors (Lipinski definition) is 4. The van der Waals surface area contributed by atoms with Crippen LogP contribution in [0.3, 0.4) is 0 Å². The number of nitrogens with two attached hydrogens (primary N) is 2. The monoisotopic (exact) mass is 659 g/mol. The molecule has 3 fully saturated rings. The Morgan fingerprint density at radius 1 is 0.930 bits per heavy atom. The summed E-state index contributed by atoms with van der Waals surface area (Å²) < 4.78 is 65.2. The molecule has 7 heterocycles. The van der Waals surface area contributed by atoms with E-state index in [1.54, 1.807) is 0 Å². The lowest BCUT2D eigenvalue weighted by Gasteiger charge is -2.25. The quantitative estimate of drug-likeness (QED) is 0.207. The second-order valence-electron chi connectivity index (χ2n) is 9.65. The largest absolute Gasteiger partial charge is 0.698 e. The fourth-order valence-corrected chi connectivity index (χ4v) is 7.30. The van der Waals surface area contributed by atoms with Gasteiger partial charge < -0.3 is 35.5 Å². The van der Waals surface area contributed by atoms with Gasteiger partial charge in [-0.2, -0.15) is 0 Å². The van der Waals surface area contributed by atoms with Crippen molar-refractivity contribution in [2.24, 2.45) is 0 Å². The summed E-state index contributed by atoms with van der Waals surface area (Å²) in [7, 11) is -3.00. The molecule has 0 spiro atoms. The summed E-state index contributed by atoms with van der Waals surface area (Å²) in [5.74, 6) is 0.185. The highest BCUT2D eigenvalue weighted by molar-refractivity contribution is 8.07. The first kappa shape index (κ1) is 28.8. The molecule has 4 aromatic rings. The molecule has 0 amide bonds. The lowest BCUT2D eigenvalue weighted by Crippen LogP contribution is -2.36. The number of aliphatic hydroxyl groups is 1. The van der Waals surface area contributed by atoms with Gasteiger partial charge in [0.05, 0.1) is 19.3 Å². The Bertz CT molecular complexity index is 1770. The Balaban J connectivity index is 1.18. The third-order valence-electron chi connectivity index (χ3n) is 7.11. The first-order chi connectivity index (χ1) is 20.6. The molecule has 2 bridgehead atoms. The Labute approximate surface area is 245 Å². The van der Waals surface area contributed by atoms with Crippen molar-refractivity contribution < 1.29 is 46.5 Å². The van der Waals surface area contributed by atoms with Gasteiger partial charge in [-0.05, 0) is 11.8 Å². The van der Waals surface area contributed by atoms with Gasteiger partial charge in [0.1, 0.15) is 54.7 Å². The van der Waals surface area contributed by atoms with E-state index in [4.69, 9.17) is 50.8 Å². The van der Waals surface area contributed by atoms with Crippen LogP contribution in [0.5, 0.6) is 0 Å². The zero-order valence-corrected chi connectivity index (χ0v) is 24.1. The van der Waals surface area contributed by atoms with Gasteiger partial charge in [0.2, 0.25) is 0 Å². The van der Waals surface area contributed by atoms with E-state index in [9.17, 15) is 14.6 Å². The molecule has 3 aliphatic rings. The van der Waals surface area contributed by atoms with Gasteiger partial charge in [-0.25, -0.2) is 34.3 Å². The van der Waals surface area contributed by atoms with Crippen molar-refractivity contribution in [2.45, 2.75) is 49.1 Å². The summed E-state index contributed by atoms with van der Waals surface area (Å²) in [6, 6.07) is 0. The highest BCUT2D eigenvalue weighted by atomic mass is 32.5. The summed E-state index contributed by atoms with van der Waals surface area (Å²) in [6.07, 6.45) is -6.23. The summed E-state index contributed by atoms with van der Waals surface area (Å²) >= 11 is 5.18. The van der Waals surface area contributed by atoms with Gasteiger partial charge in [0.25, 0.3) is 0 Å². The fraction of sp³-hybridized carbons (Fsp3) is 0.500. The van der Waals surface area contributed by atoms with Gasteiger partial charge in [0.15, 0.2) is 47.7 Å². The normalized spacial score (nSPS) is 36.3. The Morgan fingerprint density at radius 3 is 2.19 bits per heavy atom. The summed E-state index contributed by atoms with van der Waals surface area (Å²) in [5.41, 5.74) is 12.7. The molecule has 3 aliphatic heterocycles. The van der Waals surface area contributed by atoms with E-state index in [2.05, 4.69) is 29.9 Å². The number of nitrogen functional groups attached to an aromatic ring is 2. The van der Waals surface area contributed by atoms with Crippen LogP contribution in [-0.4, -0.2) is 98.9 Å². The van der Waals surface area contributed by atoms with Crippen molar-refractivity contribution in [1.82, 2.24) is 39.0 Å². The van der Waals surface area contributed by atoms with Crippen LogP contribution in [0.15, 0.2) is 25.3 Å². The lowest BCUT2D eigenvalue weighted by atomic mass is 10.1. The van der Waals surface area contributed by atoms with E-state index < -0.39 is 77.3 Å². The molecule has 7 rings (SSSR count). The minimum absolute atomic E-state index is 0.0804. The molecule has 0 aliphatic carbocycles. The predicted octanol–water partition coefficient (Wildman–Crippen LogP) is 0.0158. The average Bonchev–Trinajstić information content (AvgIpc) is 3.73. The van der Waals surface area contributed by atoms with Crippen LogP contribution < -0.4 is 11.5 Å². The molecule has 228 valence electrons. The smallest absolute Gasteiger partial charge is 0.386 e. The number of rotatable bonds is 2. The molecule has 0 saturated carbocycles. The molecule has 0 radical (unpaired) electrons. The second-order valence-corrected chi connectivity index (χ2v) is 13.4. The van der Waals surface area contributed by atoms with Crippen molar-refractivity contribution in [2.75, 3.05) is 24.7 Å². The standard InChI is InChI=1S/C20H21FN10O9P2S/c21-9-7-2-36-42(34,43)40-13-8(38-19(12(13)32)30-5-28-10-15(22)24-3-26-17(10)30)1-35-41(33)39-14(9)20(37-7)31-6-29-11-16(23)25-4-27-18(11)31/h3-9,12-14,19-20,32H,1-2H2,(H4-,22,23,24,25,26,27,34,43)/p+1/t7-,8-,9-,12-,13-,14-,19-,20-,42?/m1/s1. The lowest BCUT2D eigenvalue weighted by molar-refractivity contribution is -0.0578. The minimum Gasteiger partial charge on any atom is -0.386 e. The summed E-state index contributed by atoms with van der Waals surface area (Å²) in [6.45, 7) is -5.26. The van der Waals surface area contributed by atoms with E-state index in [1.165, 1.54) is 34.4 Å². The number of halogens is 1. The molecule has 43 heavy (non-hydrogen) atoms. The Kier molecular flexibility index (Phi) is 7.30. The maximum Gasteiger partial charge on any atom is 0.698 e. The number of aromatic nitrogens is 8. The molecule has 23 heteroatoms. The highest BCUT2D eigenvalue weighted by Gasteiger charge is 2.55. The van der Waals surface area contributed by atoms with Crippen molar-refractivity contribution >= 4 is 60.7 Å². The number of fused-ring (bicyclic) bond motifs is 5. The van der Waals surface area contributed by atoms with Crippen molar-refractivity contribution in [1.29, 1.82) is 0 Å². The van der Waals surface area contributed by atoms with Crippen LogP contribution in [0.1, 0.15) is 12.5 Å². The first-order valence-corrected chi connectivity index (χ1v) is 16.2. The molecular weight excluding hydrogens is 637 g/mol. The Morgan fingerprint density at radius 2 is 1.53 bits per heavy atom. The highest BCUT2D eigenvalue weighted by Crippen LogP contribution is 2.51. The molecule has 10 atom stereocenters. The molecule has 0 aromatic carbocycles. The maximum absolute atomic E-state index is 15.7. The van der Waals surface area contributed by atoms with Gasteiger partial charge in [-0.3, -0.25) is 13.7 Å². The predicted molar refractivity (Wildman–Crippen MR) is 144 cm³/mol. The van der Waals surface area contributed by atoms with E-state index >= 15 is 4.39 Å². The van der Waals surface area contributed by atoms with E-state index in [1.807, 2.05) is 0 Å². The van der Waals surface area contributed by atoms with E-state index in [-0.39, 0.29) is 34.0 Å². The van der Waals surface area contributed by atoms with Crippen LogP contribution in [-0.2, 0) is 43.9 Å². The molecule has 6 N–H and O–H groups in total. The minimum atomic E-state index is -4.17. The molecular formula is C20H22FN10O9P2S+. The van der Waals surface area contributed by atoms with Gasteiger partial charge >= 0.3 is 15.0 Å². The molecule has 3 saturated heterocycles. The summed E-state index contributed by atoms with van der Waals surface area (Å²) in [5, 5.41) is 11.2. The third kappa shape index (κ3) is 5.05. The molecule has 4 aromatic heterocycles. The first-order valence-electron chi connectivity index (χ1n) is 12.5. The van der Waals surface area contributed by atoms with E-state index in [0.717, 1.165) is 0 Å². The number of ether oxygens (including phenoxy) is 2. The number of alkyl halides is 1. The van der Waals surface area contributed by atoms with Gasteiger partial charge in [-0.15, -0.1) is 9.05 Å². The average molecular weight is 659 g/mol.